The first-order valence-corrected chi connectivity index (χ1v) is 19.9. The summed E-state index contributed by atoms with van der Waals surface area (Å²) in [5.41, 5.74) is 13.3. The van der Waals surface area contributed by atoms with Crippen LogP contribution in [0.3, 0.4) is 0 Å². The van der Waals surface area contributed by atoms with Crippen LogP contribution in [0.25, 0.3) is 0 Å². The fraction of sp³-hybridized carbons (Fsp3) is 0.450. The van der Waals surface area contributed by atoms with E-state index in [1.807, 2.05) is 24.5 Å². The number of aromatic nitrogens is 2. The van der Waals surface area contributed by atoms with Crippen molar-refractivity contribution in [3.63, 3.8) is 0 Å². The molecule has 3 aliphatic rings. The van der Waals surface area contributed by atoms with Gasteiger partial charge in [-0.05, 0) is 111 Å². The number of nitrogen functional groups attached to an aromatic ring is 1. The lowest BCUT2D eigenvalue weighted by atomic mass is 9.58. The van der Waals surface area contributed by atoms with Gasteiger partial charge in [0.05, 0.1) is 9.79 Å². The predicted molar refractivity (Wildman–Crippen MR) is 199 cm³/mol. The third-order valence-corrected chi connectivity index (χ3v) is 13.5. The number of halogens is 1. The number of anilines is 2. The molecule has 7 rings (SSSR count). The summed E-state index contributed by atoms with van der Waals surface area (Å²) in [6.45, 7) is 7.37. The zero-order valence-electron chi connectivity index (χ0n) is 29.7. The fourth-order valence-corrected chi connectivity index (χ4v) is 10.6. The Morgan fingerprint density at radius 3 is 2.42 bits per heavy atom. The van der Waals surface area contributed by atoms with E-state index in [2.05, 4.69) is 32.3 Å². The quantitative estimate of drug-likeness (QED) is 0.168. The Morgan fingerprint density at radius 1 is 0.981 bits per heavy atom. The molecule has 10 nitrogen and oxygen atoms in total. The highest BCUT2D eigenvalue weighted by Crippen LogP contribution is 2.52. The molecule has 1 amide bonds. The minimum absolute atomic E-state index is 0.0159. The van der Waals surface area contributed by atoms with Gasteiger partial charge in [0.25, 0.3) is 0 Å². The van der Waals surface area contributed by atoms with Crippen molar-refractivity contribution in [3.8, 4) is 0 Å². The molecule has 0 spiro atoms. The molecular weight excluding hydrogens is 680 g/mol. The molecule has 276 valence electrons. The number of primary amides is 1. The Kier molecular flexibility index (Phi) is 10.3. The maximum atomic E-state index is 15.1. The Bertz CT molecular complexity index is 1970. The summed E-state index contributed by atoms with van der Waals surface area (Å²) in [5.74, 6) is 1.42. The fourth-order valence-electron chi connectivity index (χ4n) is 9.30. The first-order chi connectivity index (χ1) is 25.1. The number of carbonyl (C=O) groups is 1. The van der Waals surface area contributed by atoms with Crippen molar-refractivity contribution >= 4 is 27.3 Å². The number of nitrogens with two attached hydrogens (primary N) is 2. The van der Waals surface area contributed by atoms with Crippen molar-refractivity contribution < 1.29 is 22.3 Å². The Morgan fingerprint density at radius 2 is 1.73 bits per heavy atom. The minimum atomic E-state index is -3.65. The molecule has 3 heterocycles. The van der Waals surface area contributed by atoms with Crippen molar-refractivity contribution in [2.45, 2.75) is 73.3 Å². The van der Waals surface area contributed by atoms with Crippen LogP contribution in [0.1, 0.15) is 50.4 Å². The number of sulfone groups is 1. The second-order valence-electron chi connectivity index (χ2n) is 14.8. The average Bonchev–Trinajstić information content (AvgIpc) is 3.78. The van der Waals surface area contributed by atoms with Crippen molar-refractivity contribution in [2.24, 2.45) is 23.5 Å². The molecule has 0 bridgehead atoms. The summed E-state index contributed by atoms with van der Waals surface area (Å²) < 4.78 is 49.4. The van der Waals surface area contributed by atoms with Crippen LogP contribution in [0.2, 0.25) is 0 Å². The summed E-state index contributed by atoms with van der Waals surface area (Å²) in [7, 11) is -3.65. The highest BCUT2D eigenvalue weighted by molar-refractivity contribution is 7.91. The molecule has 3 fully saturated rings. The van der Waals surface area contributed by atoms with Gasteiger partial charge >= 0.3 is 6.09 Å². The number of amides is 1. The second kappa shape index (κ2) is 14.9. The minimum Gasteiger partial charge on any atom is -0.446 e. The molecule has 3 aromatic carbocycles. The number of rotatable bonds is 12. The van der Waals surface area contributed by atoms with Gasteiger partial charge < -0.3 is 30.6 Å². The van der Waals surface area contributed by atoms with Crippen molar-refractivity contribution in [2.75, 3.05) is 43.4 Å². The molecule has 2 aliphatic heterocycles. The van der Waals surface area contributed by atoms with E-state index in [0.29, 0.717) is 18.2 Å². The highest BCUT2D eigenvalue weighted by atomic mass is 32.2. The van der Waals surface area contributed by atoms with Crippen LogP contribution in [0.4, 0.5) is 20.6 Å². The standard InChI is InChI=1S/C40H49FN6O4S/c1-2-38-44-18-21-46(38)27-40(30-6-3-7-31(41)22-30,36-10-5-11-37(36)51-39(43)48)29-16-19-45(20-17-29)24-28-25-47(26-28)33-12-14-34(15-13-33)52(49,50)35-9-4-8-32(42)23-35/h3-4,6-9,12-15,18,21-23,28-29,36-37H,2,5,10-11,16-17,19-20,24-27,42H2,1H3,(H2,43,48)/t36-,37-,40?/m0/s1. The summed E-state index contributed by atoms with van der Waals surface area (Å²) in [6, 6.07) is 20.5. The predicted octanol–water partition coefficient (Wildman–Crippen LogP) is 6.05. The topological polar surface area (TPSA) is 137 Å². The van der Waals surface area contributed by atoms with Gasteiger partial charge in [0, 0.05) is 73.6 Å². The number of aryl methyl sites for hydroxylation is 1. The Balaban J connectivity index is 1.05. The van der Waals surface area contributed by atoms with Gasteiger partial charge in [-0.25, -0.2) is 22.6 Å². The highest BCUT2D eigenvalue weighted by Gasteiger charge is 2.53. The third kappa shape index (κ3) is 7.15. The van der Waals surface area contributed by atoms with Crippen LogP contribution >= 0.6 is 0 Å². The molecule has 1 aromatic heterocycles. The van der Waals surface area contributed by atoms with Crippen LogP contribution in [0.5, 0.6) is 0 Å². The summed E-state index contributed by atoms with van der Waals surface area (Å²) in [4.78, 5) is 22.0. The number of hydrogen-bond acceptors (Lipinski definition) is 8. The number of imidazole rings is 1. The molecule has 2 saturated heterocycles. The van der Waals surface area contributed by atoms with Gasteiger partial charge in [-0.1, -0.05) is 25.1 Å². The smallest absolute Gasteiger partial charge is 0.404 e. The Labute approximate surface area is 305 Å². The lowest BCUT2D eigenvalue weighted by Crippen LogP contribution is -2.55. The number of nitrogens with zero attached hydrogens (tertiary/aromatic N) is 4. The average molecular weight is 729 g/mol. The number of likely N-dealkylation sites (tertiary alicyclic amines) is 1. The van der Waals surface area contributed by atoms with Crippen LogP contribution in [0.15, 0.2) is 95.0 Å². The van der Waals surface area contributed by atoms with E-state index in [0.717, 1.165) is 88.3 Å². The Hall–Kier alpha value is -4.42. The number of hydrogen-bond donors (Lipinski definition) is 2. The van der Waals surface area contributed by atoms with Crippen molar-refractivity contribution in [1.82, 2.24) is 14.5 Å². The molecule has 1 unspecified atom stereocenters. The summed E-state index contributed by atoms with van der Waals surface area (Å²) in [6.07, 6.45) is 7.95. The van der Waals surface area contributed by atoms with E-state index in [1.165, 1.54) is 12.1 Å². The van der Waals surface area contributed by atoms with Gasteiger partial charge in [-0.3, -0.25) is 0 Å². The summed E-state index contributed by atoms with van der Waals surface area (Å²) >= 11 is 0. The van der Waals surface area contributed by atoms with E-state index < -0.39 is 21.3 Å². The zero-order valence-corrected chi connectivity index (χ0v) is 30.6. The van der Waals surface area contributed by atoms with Crippen molar-refractivity contribution in [3.05, 3.63) is 102 Å². The normalized spacial score (nSPS) is 21.5. The molecule has 0 radical (unpaired) electrons. The van der Waals surface area contributed by atoms with E-state index in [-0.39, 0.29) is 33.5 Å². The third-order valence-electron chi connectivity index (χ3n) is 11.8. The molecule has 12 heteroatoms. The van der Waals surface area contributed by atoms with E-state index in [4.69, 9.17) is 16.2 Å². The molecule has 4 N–H and O–H groups in total. The molecule has 1 saturated carbocycles. The maximum Gasteiger partial charge on any atom is 0.404 e. The van der Waals surface area contributed by atoms with Gasteiger partial charge in [0.1, 0.15) is 17.7 Å². The van der Waals surface area contributed by atoms with E-state index in [1.54, 1.807) is 42.5 Å². The molecule has 3 atom stereocenters. The zero-order chi connectivity index (χ0) is 36.5. The number of ether oxygens (including phenoxy) is 1. The van der Waals surface area contributed by atoms with Gasteiger partial charge in [0.15, 0.2) is 0 Å². The molecule has 1 aliphatic carbocycles. The van der Waals surface area contributed by atoms with Crippen LogP contribution in [0, 0.1) is 23.6 Å². The SMILES string of the molecule is CCc1nccn1CC(c1cccc(F)c1)(C1CCN(CC2CN(c3ccc(S(=O)(=O)c4cccc(N)c4)cc3)C2)CC1)[C@H]1CCC[C@@H]1OC(N)=O. The van der Waals surface area contributed by atoms with Gasteiger partial charge in [0.2, 0.25) is 9.84 Å². The molecule has 4 aromatic rings. The first-order valence-electron chi connectivity index (χ1n) is 18.5. The molecule has 52 heavy (non-hydrogen) atoms. The van der Waals surface area contributed by atoms with Crippen LogP contribution in [-0.2, 0) is 33.0 Å². The summed E-state index contributed by atoms with van der Waals surface area (Å²) in [5, 5.41) is 0. The van der Waals surface area contributed by atoms with Crippen LogP contribution < -0.4 is 16.4 Å². The lowest BCUT2D eigenvalue weighted by Gasteiger charge is -2.51. The van der Waals surface area contributed by atoms with Crippen LogP contribution in [-0.4, -0.2) is 67.8 Å². The van der Waals surface area contributed by atoms with E-state index >= 15 is 4.39 Å². The maximum absolute atomic E-state index is 15.1. The monoisotopic (exact) mass is 728 g/mol. The first kappa shape index (κ1) is 36.0. The van der Waals surface area contributed by atoms with Gasteiger partial charge in [-0.2, -0.15) is 0 Å². The van der Waals surface area contributed by atoms with Gasteiger partial charge in [-0.15, -0.1) is 0 Å². The second-order valence-corrected chi connectivity index (χ2v) is 16.8. The number of piperidine rings is 1. The lowest BCUT2D eigenvalue weighted by molar-refractivity contribution is 0.00364. The number of benzene rings is 3. The molecular formula is C40H49FN6O4S. The van der Waals surface area contributed by atoms with E-state index in [9.17, 15) is 13.2 Å². The number of carbonyl (C=O) groups excluding carboxylic acids is 1. The van der Waals surface area contributed by atoms with Crippen molar-refractivity contribution in [1.29, 1.82) is 0 Å². The largest absolute Gasteiger partial charge is 0.446 e.